The number of nitrogens with zero attached hydrogens (tertiary/aromatic N) is 3. The Morgan fingerprint density at radius 3 is 2.68 bits per heavy atom. The predicted molar refractivity (Wildman–Crippen MR) is 80.8 cm³/mol. The van der Waals surface area contributed by atoms with E-state index in [1.807, 2.05) is 26.0 Å². The van der Waals surface area contributed by atoms with Crippen LogP contribution in [0.3, 0.4) is 0 Å². The highest BCUT2D eigenvalue weighted by molar-refractivity contribution is 7.89. The van der Waals surface area contributed by atoms with Crippen LogP contribution in [0.1, 0.15) is 41.7 Å². The molecule has 0 radical (unpaired) electrons. The van der Waals surface area contributed by atoms with Crippen LogP contribution in [-0.2, 0) is 10.0 Å². The molecule has 3 rings (SSSR count). The molecule has 0 spiro atoms. The van der Waals surface area contributed by atoms with Gasteiger partial charge in [-0.15, -0.1) is 0 Å². The molecule has 1 saturated heterocycles. The minimum atomic E-state index is -3.57. The average Bonchev–Trinajstić information content (AvgIpc) is 3.06. The highest BCUT2D eigenvalue weighted by Crippen LogP contribution is 2.36. The zero-order valence-corrected chi connectivity index (χ0v) is 13.7. The number of hydrogen-bond acceptors (Lipinski definition) is 5. The minimum Gasteiger partial charge on any atom is -0.338 e. The van der Waals surface area contributed by atoms with E-state index in [0.29, 0.717) is 29.6 Å². The Bertz CT molecular complexity index is 798. The van der Waals surface area contributed by atoms with Gasteiger partial charge in [0.05, 0.1) is 4.90 Å². The summed E-state index contributed by atoms with van der Waals surface area (Å²) in [6.07, 6.45) is 1.49. The topological polar surface area (TPSA) is 76.3 Å². The third-order valence-electron chi connectivity index (χ3n) is 3.95. The second-order valence-electron chi connectivity index (χ2n) is 5.72. The number of hydrogen-bond donors (Lipinski definition) is 0. The van der Waals surface area contributed by atoms with Crippen LogP contribution in [0.5, 0.6) is 0 Å². The van der Waals surface area contributed by atoms with E-state index in [-0.39, 0.29) is 6.04 Å². The van der Waals surface area contributed by atoms with Crippen LogP contribution in [0.2, 0.25) is 0 Å². The molecule has 2 aromatic rings. The Labute approximate surface area is 130 Å². The zero-order valence-electron chi connectivity index (χ0n) is 12.9. The molecule has 1 unspecified atom stereocenters. The summed E-state index contributed by atoms with van der Waals surface area (Å²) < 4.78 is 32.7. The van der Waals surface area contributed by atoms with Crippen molar-refractivity contribution in [3.05, 3.63) is 41.0 Å². The highest BCUT2D eigenvalue weighted by atomic mass is 32.2. The largest absolute Gasteiger partial charge is 0.338 e. The number of aromatic nitrogens is 2. The van der Waals surface area contributed by atoms with Crippen LogP contribution < -0.4 is 0 Å². The number of sulfonamides is 1. The lowest BCUT2D eigenvalue weighted by molar-refractivity contribution is 0.289. The van der Waals surface area contributed by atoms with E-state index in [0.717, 1.165) is 17.5 Å². The minimum absolute atomic E-state index is 0.348. The van der Waals surface area contributed by atoms with Gasteiger partial charge in [0.15, 0.2) is 5.82 Å². The second-order valence-corrected chi connectivity index (χ2v) is 7.58. The molecular formula is C15H19N3O3S. The van der Waals surface area contributed by atoms with Gasteiger partial charge in [0, 0.05) is 6.54 Å². The first-order valence-corrected chi connectivity index (χ1v) is 8.73. The Morgan fingerprint density at radius 2 is 2.05 bits per heavy atom. The van der Waals surface area contributed by atoms with Crippen molar-refractivity contribution in [1.82, 2.24) is 14.4 Å². The van der Waals surface area contributed by atoms with Crippen molar-refractivity contribution in [3.63, 3.8) is 0 Å². The summed E-state index contributed by atoms with van der Waals surface area (Å²) in [5.41, 5.74) is 1.80. The van der Waals surface area contributed by atoms with E-state index >= 15 is 0 Å². The summed E-state index contributed by atoms with van der Waals surface area (Å²) in [6.45, 7) is 5.97. The molecule has 0 bridgehead atoms. The van der Waals surface area contributed by atoms with Gasteiger partial charge in [-0.1, -0.05) is 22.9 Å². The first-order chi connectivity index (χ1) is 10.4. The van der Waals surface area contributed by atoms with Crippen molar-refractivity contribution in [2.75, 3.05) is 6.54 Å². The Kier molecular flexibility index (Phi) is 3.78. The summed E-state index contributed by atoms with van der Waals surface area (Å²) >= 11 is 0. The quantitative estimate of drug-likeness (QED) is 0.868. The zero-order chi connectivity index (χ0) is 15.9. The molecule has 1 aromatic heterocycles. The van der Waals surface area contributed by atoms with E-state index < -0.39 is 10.0 Å². The molecule has 1 aliphatic heterocycles. The summed E-state index contributed by atoms with van der Waals surface area (Å²) in [5, 5.41) is 3.77. The fraction of sp³-hybridized carbons (Fsp3) is 0.467. The molecule has 6 nitrogen and oxygen atoms in total. The molecule has 7 heteroatoms. The van der Waals surface area contributed by atoms with Crippen LogP contribution in [0.4, 0.5) is 0 Å². The summed E-state index contributed by atoms with van der Waals surface area (Å²) in [4.78, 5) is 4.55. The molecule has 1 atom stereocenters. The number of aryl methyl sites for hydroxylation is 3. The van der Waals surface area contributed by atoms with Gasteiger partial charge < -0.3 is 4.52 Å². The van der Waals surface area contributed by atoms with Gasteiger partial charge in [0.2, 0.25) is 15.9 Å². The maximum absolute atomic E-state index is 13.0. The maximum atomic E-state index is 13.0. The molecular weight excluding hydrogens is 302 g/mol. The van der Waals surface area contributed by atoms with Crippen LogP contribution in [0.15, 0.2) is 27.6 Å². The van der Waals surface area contributed by atoms with Crippen molar-refractivity contribution in [2.24, 2.45) is 0 Å². The molecule has 0 saturated carbocycles. The molecule has 0 N–H and O–H groups in total. The third kappa shape index (κ3) is 2.55. The monoisotopic (exact) mass is 321 g/mol. The fourth-order valence-electron chi connectivity index (χ4n) is 2.94. The van der Waals surface area contributed by atoms with Gasteiger partial charge in [-0.25, -0.2) is 8.42 Å². The first-order valence-electron chi connectivity index (χ1n) is 7.29. The van der Waals surface area contributed by atoms with Crippen LogP contribution >= 0.6 is 0 Å². The maximum Gasteiger partial charge on any atom is 0.245 e. The fourth-order valence-corrected chi connectivity index (χ4v) is 4.80. The SMILES string of the molecule is Cc1ccc(S(=O)(=O)N2CCCC2c2nc(C)no2)c(C)c1. The van der Waals surface area contributed by atoms with Gasteiger partial charge in [-0.05, 0) is 45.2 Å². The standard InChI is InChI=1S/C15H19N3O3S/c1-10-6-7-14(11(2)9-10)22(19,20)18-8-4-5-13(18)15-16-12(3)17-21-15/h6-7,9,13H,4-5,8H2,1-3H3. The van der Waals surface area contributed by atoms with Gasteiger partial charge in [0.1, 0.15) is 6.04 Å². The van der Waals surface area contributed by atoms with Crippen LogP contribution in [-0.4, -0.2) is 29.4 Å². The highest BCUT2D eigenvalue weighted by Gasteiger charge is 2.39. The smallest absolute Gasteiger partial charge is 0.245 e. The molecule has 2 heterocycles. The van der Waals surface area contributed by atoms with Gasteiger partial charge in [-0.2, -0.15) is 9.29 Å². The molecule has 0 aliphatic carbocycles. The summed E-state index contributed by atoms with van der Waals surface area (Å²) in [7, 11) is -3.57. The lowest BCUT2D eigenvalue weighted by atomic mass is 10.2. The molecule has 118 valence electrons. The summed E-state index contributed by atoms with van der Waals surface area (Å²) in [6, 6.07) is 5.01. The van der Waals surface area contributed by atoms with Crippen molar-refractivity contribution in [3.8, 4) is 0 Å². The van der Waals surface area contributed by atoms with Gasteiger partial charge >= 0.3 is 0 Å². The Balaban J connectivity index is 2.00. The van der Waals surface area contributed by atoms with Crippen LogP contribution in [0.25, 0.3) is 0 Å². The molecule has 0 amide bonds. The number of rotatable bonds is 3. The second kappa shape index (κ2) is 5.48. The molecule has 1 fully saturated rings. The van der Waals surface area contributed by atoms with E-state index in [2.05, 4.69) is 10.1 Å². The van der Waals surface area contributed by atoms with Gasteiger partial charge in [0.25, 0.3) is 0 Å². The van der Waals surface area contributed by atoms with Crippen molar-refractivity contribution in [1.29, 1.82) is 0 Å². The lowest BCUT2D eigenvalue weighted by Crippen LogP contribution is -2.31. The van der Waals surface area contributed by atoms with E-state index in [4.69, 9.17) is 4.52 Å². The van der Waals surface area contributed by atoms with Crippen molar-refractivity contribution < 1.29 is 12.9 Å². The van der Waals surface area contributed by atoms with E-state index in [1.165, 1.54) is 4.31 Å². The van der Waals surface area contributed by atoms with Crippen LogP contribution in [0, 0.1) is 20.8 Å². The first kappa shape index (κ1) is 15.2. The Hall–Kier alpha value is -1.73. The predicted octanol–water partition coefficient (Wildman–Crippen LogP) is 2.52. The summed E-state index contributed by atoms with van der Waals surface area (Å²) in [5.74, 6) is 0.897. The normalized spacial score (nSPS) is 19.7. The van der Waals surface area contributed by atoms with E-state index in [9.17, 15) is 8.42 Å². The third-order valence-corrected chi connectivity index (χ3v) is 6.02. The van der Waals surface area contributed by atoms with Gasteiger partial charge in [-0.3, -0.25) is 0 Å². The molecule has 1 aliphatic rings. The molecule has 22 heavy (non-hydrogen) atoms. The average molecular weight is 321 g/mol. The lowest BCUT2D eigenvalue weighted by Gasteiger charge is -2.22. The van der Waals surface area contributed by atoms with Crippen molar-refractivity contribution >= 4 is 10.0 Å². The Morgan fingerprint density at radius 1 is 1.27 bits per heavy atom. The number of benzene rings is 1. The van der Waals surface area contributed by atoms with Crippen molar-refractivity contribution in [2.45, 2.75) is 44.6 Å². The molecule has 1 aromatic carbocycles. The van der Waals surface area contributed by atoms with E-state index in [1.54, 1.807) is 13.0 Å².